The van der Waals surface area contributed by atoms with Crippen molar-refractivity contribution in [3.63, 3.8) is 0 Å². The number of nitrogens with zero attached hydrogens (tertiary/aromatic N) is 1. The molecule has 0 N–H and O–H groups in total. The molecular weight excluding hydrogens is 346 g/mol. The minimum absolute atomic E-state index is 0.0916. The van der Waals surface area contributed by atoms with E-state index in [9.17, 15) is 9.59 Å². The number of ketones is 1. The maximum absolute atomic E-state index is 12.3. The van der Waals surface area contributed by atoms with Gasteiger partial charge in [-0.2, -0.15) is 0 Å². The Bertz CT molecular complexity index is 663. The van der Waals surface area contributed by atoms with Gasteiger partial charge in [0, 0.05) is 56.8 Å². The zero-order chi connectivity index (χ0) is 20.6. The predicted molar refractivity (Wildman–Crippen MR) is 106 cm³/mol. The lowest BCUT2D eigenvalue weighted by Gasteiger charge is -2.19. The molecule has 0 saturated carbocycles. The van der Waals surface area contributed by atoms with Crippen LogP contribution in [0.2, 0.25) is 0 Å². The average Bonchev–Trinajstić information content (AvgIpc) is 3.03. The van der Waals surface area contributed by atoms with Crippen molar-refractivity contribution in [2.24, 2.45) is 0 Å². The summed E-state index contributed by atoms with van der Waals surface area (Å²) < 4.78 is 17.8. The lowest BCUT2D eigenvalue weighted by atomic mass is 10.1. The van der Waals surface area contributed by atoms with Gasteiger partial charge in [-0.25, -0.2) is 4.79 Å². The van der Waals surface area contributed by atoms with E-state index in [2.05, 4.69) is 0 Å². The summed E-state index contributed by atoms with van der Waals surface area (Å²) >= 11 is 0. The maximum atomic E-state index is 12.3. The first-order valence-electron chi connectivity index (χ1n) is 9.38. The Hall–Kier alpha value is -1.92. The van der Waals surface area contributed by atoms with Crippen molar-refractivity contribution in [1.29, 1.82) is 0 Å². The summed E-state index contributed by atoms with van der Waals surface area (Å²) in [7, 11) is 3.16. The molecule has 1 aromatic heterocycles. The van der Waals surface area contributed by atoms with Crippen LogP contribution < -0.4 is 0 Å². The monoisotopic (exact) mass is 379 g/mol. The van der Waals surface area contributed by atoms with Gasteiger partial charge in [0.2, 0.25) is 0 Å². The second-order valence-electron chi connectivity index (χ2n) is 7.34. The van der Waals surface area contributed by atoms with Gasteiger partial charge in [0.05, 0.1) is 0 Å². The van der Waals surface area contributed by atoms with Crippen LogP contribution in [0.1, 0.15) is 69.8 Å². The molecule has 0 saturated heterocycles. The van der Waals surface area contributed by atoms with Crippen LogP contribution in [0, 0.1) is 0 Å². The van der Waals surface area contributed by atoms with Gasteiger partial charge in [0.1, 0.15) is 5.60 Å². The van der Waals surface area contributed by atoms with E-state index in [1.54, 1.807) is 20.4 Å². The molecule has 1 aromatic rings. The second kappa shape index (κ2) is 10.4. The van der Waals surface area contributed by atoms with Crippen LogP contribution in [0.3, 0.4) is 0 Å². The summed E-state index contributed by atoms with van der Waals surface area (Å²) in [5, 5.41) is 0. The van der Waals surface area contributed by atoms with E-state index in [0.29, 0.717) is 24.8 Å². The van der Waals surface area contributed by atoms with Gasteiger partial charge in [-0.05, 0) is 39.2 Å². The summed E-state index contributed by atoms with van der Waals surface area (Å²) in [6, 6.07) is 0. The maximum Gasteiger partial charge on any atom is 0.333 e. The molecule has 0 amide bonds. The molecule has 27 heavy (non-hydrogen) atoms. The molecule has 0 aliphatic heterocycles. The minimum Gasteiger partial charge on any atom is -0.457 e. The molecule has 0 aliphatic carbocycles. The van der Waals surface area contributed by atoms with Crippen molar-refractivity contribution >= 4 is 17.4 Å². The number of aryl methyl sites for hydroxylation is 1. The number of carbonyl (C=O) groups is 2. The molecule has 0 fully saturated rings. The molecule has 0 spiro atoms. The number of ether oxygens (including phenoxy) is 3. The number of carbonyl (C=O) groups excluding carboxylic acids is 2. The highest BCUT2D eigenvalue weighted by molar-refractivity contribution is 5.97. The zero-order valence-electron chi connectivity index (χ0n) is 17.6. The molecular formula is C21H33NO5. The van der Waals surface area contributed by atoms with Crippen LogP contribution in [0.15, 0.2) is 18.5 Å². The van der Waals surface area contributed by atoms with Gasteiger partial charge in [0.25, 0.3) is 0 Å². The Labute approximate surface area is 162 Å². The summed E-state index contributed by atoms with van der Waals surface area (Å²) in [4.78, 5) is 24.6. The number of Topliss-reactive ketones (excluding diaryl/α,β-unsaturated/α-hetero) is 1. The van der Waals surface area contributed by atoms with E-state index in [0.717, 1.165) is 17.7 Å². The zero-order valence-corrected chi connectivity index (χ0v) is 17.6. The van der Waals surface area contributed by atoms with Crippen molar-refractivity contribution in [1.82, 2.24) is 4.57 Å². The third kappa shape index (κ3) is 7.31. The van der Waals surface area contributed by atoms with Gasteiger partial charge in [0.15, 0.2) is 12.1 Å². The van der Waals surface area contributed by atoms with Gasteiger partial charge in [-0.1, -0.05) is 13.8 Å². The standard InChI is InChI=1S/C21H33NO5/c1-8-15-13-22(14-17(15)18(23)9-2)16(10-11-20(25-6)26-7)12-19(24)27-21(3,4)5/h12-14,20H,8-11H2,1-7H3. The topological polar surface area (TPSA) is 66.8 Å². The summed E-state index contributed by atoms with van der Waals surface area (Å²) in [5.41, 5.74) is 1.82. The van der Waals surface area contributed by atoms with E-state index < -0.39 is 11.6 Å². The SMILES string of the molecule is CCC(=O)c1cn(C(=CC(=O)OC(C)(C)C)CCC(OC)OC)cc1CC. The number of rotatable bonds is 10. The smallest absolute Gasteiger partial charge is 0.333 e. The third-order valence-electron chi connectivity index (χ3n) is 4.10. The molecule has 0 unspecified atom stereocenters. The molecule has 1 rings (SSSR count). The Kier molecular flexibility index (Phi) is 8.93. The first-order valence-corrected chi connectivity index (χ1v) is 9.38. The lowest BCUT2D eigenvalue weighted by Crippen LogP contribution is -2.23. The molecule has 0 bridgehead atoms. The molecule has 152 valence electrons. The fraction of sp³-hybridized carbons (Fsp3) is 0.619. The summed E-state index contributed by atoms with van der Waals surface area (Å²) in [6.07, 6.45) is 7.10. The number of hydrogen-bond acceptors (Lipinski definition) is 5. The van der Waals surface area contributed by atoms with Crippen LogP contribution in [0.5, 0.6) is 0 Å². The van der Waals surface area contributed by atoms with Crippen LogP contribution in [-0.2, 0) is 25.4 Å². The van der Waals surface area contributed by atoms with E-state index in [1.165, 1.54) is 6.08 Å². The molecule has 0 aromatic carbocycles. The minimum atomic E-state index is -0.575. The van der Waals surface area contributed by atoms with Crippen molar-refractivity contribution < 1.29 is 23.8 Å². The third-order valence-corrected chi connectivity index (χ3v) is 4.10. The van der Waals surface area contributed by atoms with Crippen LogP contribution in [-0.4, -0.2) is 42.4 Å². The van der Waals surface area contributed by atoms with Crippen molar-refractivity contribution in [2.75, 3.05) is 14.2 Å². The highest BCUT2D eigenvalue weighted by Gasteiger charge is 2.18. The Balaban J connectivity index is 3.22. The van der Waals surface area contributed by atoms with Crippen LogP contribution in [0.25, 0.3) is 5.70 Å². The normalized spacial score (nSPS) is 12.5. The van der Waals surface area contributed by atoms with Crippen LogP contribution >= 0.6 is 0 Å². The van der Waals surface area contributed by atoms with Crippen molar-refractivity contribution in [3.8, 4) is 0 Å². The Morgan fingerprint density at radius 1 is 1.15 bits per heavy atom. The molecule has 0 radical (unpaired) electrons. The van der Waals surface area contributed by atoms with Crippen molar-refractivity contribution in [2.45, 2.75) is 72.2 Å². The summed E-state index contributed by atoms with van der Waals surface area (Å²) in [5.74, 6) is -0.326. The molecule has 1 heterocycles. The first-order chi connectivity index (χ1) is 12.6. The quantitative estimate of drug-likeness (QED) is 0.263. The van der Waals surface area contributed by atoms with E-state index in [-0.39, 0.29) is 12.1 Å². The number of methoxy groups -OCH3 is 2. The Morgan fingerprint density at radius 2 is 1.78 bits per heavy atom. The van der Waals surface area contributed by atoms with Gasteiger partial charge >= 0.3 is 5.97 Å². The lowest BCUT2D eigenvalue weighted by molar-refractivity contribution is -0.148. The Morgan fingerprint density at radius 3 is 2.26 bits per heavy atom. The molecule has 0 atom stereocenters. The fourth-order valence-corrected chi connectivity index (χ4v) is 2.73. The molecule has 6 heteroatoms. The van der Waals surface area contributed by atoms with Crippen molar-refractivity contribution in [3.05, 3.63) is 29.6 Å². The fourth-order valence-electron chi connectivity index (χ4n) is 2.73. The number of aromatic nitrogens is 1. The van der Waals surface area contributed by atoms with Gasteiger partial charge in [-0.3, -0.25) is 4.79 Å². The highest BCUT2D eigenvalue weighted by Crippen LogP contribution is 2.22. The van der Waals surface area contributed by atoms with E-state index >= 15 is 0 Å². The molecule has 0 aliphatic rings. The van der Waals surface area contributed by atoms with Gasteiger partial charge < -0.3 is 18.8 Å². The molecule has 6 nitrogen and oxygen atoms in total. The first kappa shape index (κ1) is 23.1. The summed E-state index contributed by atoms with van der Waals surface area (Å²) in [6.45, 7) is 9.33. The number of allylic oxidation sites excluding steroid dienone is 1. The second-order valence-corrected chi connectivity index (χ2v) is 7.34. The van der Waals surface area contributed by atoms with Gasteiger partial charge in [-0.15, -0.1) is 0 Å². The number of esters is 1. The van der Waals surface area contributed by atoms with Crippen LogP contribution in [0.4, 0.5) is 0 Å². The van der Waals surface area contributed by atoms with E-state index in [4.69, 9.17) is 14.2 Å². The van der Waals surface area contributed by atoms with E-state index in [1.807, 2.05) is 45.4 Å². The largest absolute Gasteiger partial charge is 0.457 e. The number of hydrogen-bond donors (Lipinski definition) is 0. The predicted octanol–water partition coefficient (Wildman–Crippen LogP) is 4.22. The average molecular weight is 379 g/mol. The highest BCUT2D eigenvalue weighted by atomic mass is 16.7.